The highest BCUT2D eigenvalue weighted by molar-refractivity contribution is 5.48. The Balaban J connectivity index is 1.50. The molecule has 1 aliphatic carbocycles. The molecule has 3 nitrogen and oxygen atoms in total. The number of hydrogen-bond acceptors (Lipinski definition) is 3. The fourth-order valence-electron chi connectivity index (χ4n) is 5.47. The zero-order chi connectivity index (χ0) is 19.9. The van der Waals surface area contributed by atoms with E-state index in [0.717, 1.165) is 25.1 Å². The number of fused-ring (bicyclic) bond motifs is 2. The summed E-state index contributed by atoms with van der Waals surface area (Å²) in [5, 5.41) is 10.5. The van der Waals surface area contributed by atoms with Crippen LogP contribution in [0.15, 0.2) is 48.5 Å². The first-order chi connectivity index (χ1) is 13.3. The van der Waals surface area contributed by atoms with Crippen molar-refractivity contribution in [3.8, 4) is 5.75 Å². The normalized spacial score (nSPS) is 27.2. The van der Waals surface area contributed by atoms with Crippen molar-refractivity contribution in [2.45, 2.75) is 64.7 Å². The minimum absolute atomic E-state index is 0.0346. The summed E-state index contributed by atoms with van der Waals surface area (Å²) in [6.45, 7) is 12.0. The van der Waals surface area contributed by atoms with Crippen molar-refractivity contribution in [2.75, 3.05) is 13.1 Å². The van der Waals surface area contributed by atoms with Gasteiger partial charge in [0.15, 0.2) is 0 Å². The summed E-state index contributed by atoms with van der Waals surface area (Å²) >= 11 is 0. The third kappa shape index (κ3) is 3.15. The van der Waals surface area contributed by atoms with Gasteiger partial charge in [-0.05, 0) is 59.9 Å². The molecule has 0 radical (unpaired) electrons. The second-order valence-corrected chi connectivity index (χ2v) is 9.42. The van der Waals surface area contributed by atoms with Gasteiger partial charge in [0, 0.05) is 12.6 Å². The molecule has 0 spiro atoms. The molecule has 1 saturated heterocycles. The lowest BCUT2D eigenvalue weighted by Crippen LogP contribution is -2.54. The fourth-order valence-corrected chi connectivity index (χ4v) is 5.47. The van der Waals surface area contributed by atoms with E-state index in [9.17, 15) is 5.11 Å². The summed E-state index contributed by atoms with van der Waals surface area (Å²) in [5.41, 5.74) is 3.92. The second-order valence-electron chi connectivity index (χ2n) is 9.42. The number of rotatable bonds is 5. The Hall–Kier alpha value is -1.84. The monoisotopic (exact) mass is 379 g/mol. The van der Waals surface area contributed by atoms with Gasteiger partial charge in [0.2, 0.25) is 0 Å². The molecule has 0 aromatic heterocycles. The highest BCUT2D eigenvalue weighted by Gasteiger charge is 2.56. The van der Waals surface area contributed by atoms with E-state index in [-0.39, 0.29) is 16.9 Å². The van der Waals surface area contributed by atoms with Crippen molar-refractivity contribution < 1.29 is 9.84 Å². The molecule has 2 aromatic rings. The molecule has 0 saturated carbocycles. The maximum absolute atomic E-state index is 10.5. The largest absolute Gasteiger partial charge is 0.508 e. The molecule has 0 amide bonds. The zero-order valence-corrected chi connectivity index (χ0v) is 17.6. The Kier molecular flexibility index (Phi) is 5.01. The van der Waals surface area contributed by atoms with Crippen molar-refractivity contribution in [3.63, 3.8) is 0 Å². The Morgan fingerprint density at radius 1 is 1.11 bits per heavy atom. The SMILES string of the molecule is C[C@H](CN1CC[C@]2(C)[C@@H]1Cc1c(O)cccc1C2(C)C)OCc1ccccc1. The number of ether oxygens (including phenoxy) is 1. The highest BCUT2D eigenvalue weighted by atomic mass is 16.5. The molecule has 2 aliphatic rings. The average molecular weight is 380 g/mol. The minimum atomic E-state index is 0.0346. The van der Waals surface area contributed by atoms with Gasteiger partial charge in [-0.25, -0.2) is 0 Å². The third-order valence-electron chi connectivity index (χ3n) is 7.61. The molecule has 2 aromatic carbocycles. The van der Waals surface area contributed by atoms with E-state index < -0.39 is 0 Å². The Morgan fingerprint density at radius 3 is 2.61 bits per heavy atom. The van der Waals surface area contributed by atoms with Crippen molar-refractivity contribution >= 4 is 0 Å². The standard InChI is InChI=1S/C25H33NO2/c1-18(28-17-19-9-6-5-7-10-19)16-26-14-13-25(4)23(26)15-20-21(24(25,2)3)11-8-12-22(20)27/h5-12,18,23,27H,13-17H2,1-4H3/t18-,23+,25-/m1/s1. The van der Waals surface area contributed by atoms with Gasteiger partial charge in [-0.2, -0.15) is 0 Å². The van der Waals surface area contributed by atoms with Crippen LogP contribution in [0.25, 0.3) is 0 Å². The third-order valence-corrected chi connectivity index (χ3v) is 7.61. The summed E-state index contributed by atoms with van der Waals surface area (Å²) in [5.74, 6) is 0.452. The van der Waals surface area contributed by atoms with Gasteiger partial charge in [0.05, 0.1) is 12.7 Å². The van der Waals surface area contributed by atoms with Crippen LogP contribution in [0, 0.1) is 5.41 Å². The summed E-state index contributed by atoms with van der Waals surface area (Å²) in [7, 11) is 0. The van der Waals surface area contributed by atoms with Crippen molar-refractivity contribution in [1.29, 1.82) is 0 Å². The van der Waals surface area contributed by atoms with Crippen LogP contribution < -0.4 is 0 Å². The number of phenolic OH excluding ortho intramolecular Hbond substituents is 1. The molecule has 28 heavy (non-hydrogen) atoms. The molecule has 1 aliphatic heterocycles. The maximum atomic E-state index is 10.5. The summed E-state index contributed by atoms with van der Waals surface area (Å²) in [6, 6.07) is 16.9. The van der Waals surface area contributed by atoms with Gasteiger partial charge in [-0.15, -0.1) is 0 Å². The quantitative estimate of drug-likeness (QED) is 0.801. The van der Waals surface area contributed by atoms with Gasteiger partial charge in [-0.3, -0.25) is 4.90 Å². The first kappa shape index (κ1) is 19.5. The van der Waals surface area contributed by atoms with Crippen LogP contribution in [0.3, 0.4) is 0 Å². The van der Waals surface area contributed by atoms with Gasteiger partial charge in [-0.1, -0.05) is 63.2 Å². The smallest absolute Gasteiger partial charge is 0.119 e. The maximum Gasteiger partial charge on any atom is 0.119 e. The summed E-state index contributed by atoms with van der Waals surface area (Å²) in [6.07, 6.45) is 2.29. The molecule has 150 valence electrons. The number of nitrogens with zero attached hydrogens (tertiary/aromatic N) is 1. The van der Waals surface area contributed by atoms with Crippen LogP contribution >= 0.6 is 0 Å². The molecule has 0 bridgehead atoms. The Morgan fingerprint density at radius 2 is 1.86 bits per heavy atom. The lowest BCUT2D eigenvalue weighted by molar-refractivity contribution is 0.00734. The number of hydrogen-bond donors (Lipinski definition) is 1. The van der Waals surface area contributed by atoms with E-state index in [2.05, 4.69) is 62.9 Å². The highest BCUT2D eigenvalue weighted by Crippen LogP contribution is 2.57. The van der Waals surface area contributed by atoms with Crippen LogP contribution in [0.2, 0.25) is 0 Å². The minimum Gasteiger partial charge on any atom is -0.508 e. The molecule has 4 rings (SSSR count). The summed E-state index contributed by atoms with van der Waals surface area (Å²) < 4.78 is 6.16. The van der Waals surface area contributed by atoms with E-state index in [0.29, 0.717) is 18.4 Å². The first-order valence-corrected chi connectivity index (χ1v) is 10.5. The predicted molar refractivity (Wildman–Crippen MR) is 114 cm³/mol. The van der Waals surface area contributed by atoms with Crippen molar-refractivity contribution in [2.24, 2.45) is 5.41 Å². The van der Waals surface area contributed by atoms with Crippen LogP contribution in [0.4, 0.5) is 0 Å². The van der Waals surface area contributed by atoms with Gasteiger partial charge in [0.1, 0.15) is 5.75 Å². The number of aromatic hydroxyl groups is 1. The lowest BCUT2D eigenvalue weighted by atomic mass is 9.54. The molecule has 0 unspecified atom stereocenters. The van der Waals surface area contributed by atoms with Crippen LogP contribution in [-0.4, -0.2) is 35.2 Å². The van der Waals surface area contributed by atoms with Crippen molar-refractivity contribution in [3.05, 3.63) is 65.2 Å². The predicted octanol–water partition coefficient (Wildman–Crippen LogP) is 4.91. The molecular weight excluding hydrogens is 346 g/mol. The number of benzene rings is 2. The molecular formula is C25H33NO2. The summed E-state index contributed by atoms with van der Waals surface area (Å²) in [4.78, 5) is 2.60. The lowest BCUT2D eigenvalue weighted by Gasteiger charge is -2.52. The second kappa shape index (κ2) is 7.20. The van der Waals surface area contributed by atoms with Crippen LogP contribution in [-0.2, 0) is 23.2 Å². The average Bonchev–Trinajstić information content (AvgIpc) is 3.00. The topological polar surface area (TPSA) is 32.7 Å². The molecule has 1 heterocycles. The number of likely N-dealkylation sites (tertiary alicyclic amines) is 1. The fraction of sp³-hybridized carbons (Fsp3) is 0.520. The van der Waals surface area contributed by atoms with E-state index in [4.69, 9.17) is 4.74 Å². The van der Waals surface area contributed by atoms with Gasteiger partial charge < -0.3 is 9.84 Å². The zero-order valence-electron chi connectivity index (χ0n) is 17.6. The Bertz CT molecular complexity index is 832. The van der Waals surface area contributed by atoms with Crippen LogP contribution in [0.5, 0.6) is 5.75 Å². The van der Waals surface area contributed by atoms with E-state index >= 15 is 0 Å². The van der Waals surface area contributed by atoms with Crippen LogP contribution in [0.1, 0.15) is 50.8 Å². The first-order valence-electron chi connectivity index (χ1n) is 10.5. The van der Waals surface area contributed by atoms with Crippen molar-refractivity contribution in [1.82, 2.24) is 4.90 Å². The van der Waals surface area contributed by atoms with E-state index in [1.54, 1.807) is 0 Å². The molecule has 1 fully saturated rings. The molecule has 1 N–H and O–H groups in total. The Labute approximate surface area is 169 Å². The van der Waals surface area contributed by atoms with Gasteiger partial charge >= 0.3 is 0 Å². The van der Waals surface area contributed by atoms with Gasteiger partial charge in [0.25, 0.3) is 0 Å². The van der Waals surface area contributed by atoms with E-state index in [1.807, 2.05) is 18.2 Å². The number of phenols is 1. The molecule has 3 heteroatoms. The molecule has 3 atom stereocenters. The van der Waals surface area contributed by atoms with E-state index in [1.165, 1.54) is 17.5 Å².